The summed E-state index contributed by atoms with van der Waals surface area (Å²) in [6, 6.07) is 31.6. The monoisotopic (exact) mass is 623 g/mol. The van der Waals surface area contributed by atoms with Crippen LogP contribution in [0.4, 0.5) is 10.1 Å². The van der Waals surface area contributed by atoms with E-state index in [4.69, 9.17) is 10.2 Å². The van der Waals surface area contributed by atoms with Crippen molar-refractivity contribution in [3.8, 4) is 0 Å². The van der Waals surface area contributed by atoms with Crippen molar-refractivity contribution in [2.24, 2.45) is 11.8 Å². The van der Waals surface area contributed by atoms with Crippen molar-refractivity contribution in [2.75, 3.05) is 4.90 Å². The number of benzene rings is 4. The summed E-state index contributed by atoms with van der Waals surface area (Å²) in [6.07, 6.45) is 2.75. The molecule has 238 valence electrons. The van der Waals surface area contributed by atoms with Crippen molar-refractivity contribution >= 4 is 23.5 Å². The van der Waals surface area contributed by atoms with Gasteiger partial charge in [0.25, 0.3) is 0 Å². The van der Waals surface area contributed by atoms with Crippen LogP contribution in [0.3, 0.4) is 0 Å². The molecular formula is C38H38FNO6. The van der Waals surface area contributed by atoms with Crippen LogP contribution in [-0.4, -0.2) is 33.2 Å². The number of carboxylic acid groups (broad SMARTS) is 2. The topological polar surface area (TPSA) is 115 Å². The third-order valence-electron chi connectivity index (χ3n) is 8.86. The first-order valence-corrected chi connectivity index (χ1v) is 15.6. The number of carbonyl (C=O) groups is 3. The Bertz CT molecular complexity index is 1610. The van der Waals surface area contributed by atoms with Gasteiger partial charge in [-0.15, -0.1) is 0 Å². The van der Waals surface area contributed by atoms with E-state index >= 15 is 0 Å². The van der Waals surface area contributed by atoms with Crippen molar-refractivity contribution in [2.45, 2.75) is 57.1 Å². The van der Waals surface area contributed by atoms with E-state index in [9.17, 15) is 23.9 Å². The summed E-state index contributed by atoms with van der Waals surface area (Å²) >= 11 is 0. The molecule has 1 saturated heterocycles. The first-order valence-electron chi connectivity index (χ1n) is 15.6. The Balaban J connectivity index is 1.29. The number of aliphatic carboxylic acids is 2. The molecule has 3 atom stereocenters. The Kier molecular flexibility index (Phi) is 10.6. The molecule has 0 aromatic heterocycles. The van der Waals surface area contributed by atoms with Gasteiger partial charge in [0.2, 0.25) is 5.91 Å². The number of carboxylic acids is 2. The second-order valence-electron chi connectivity index (χ2n) is 11.9. The van der Waals surface area contributed by atoms with Gasteiger partial charge >= 0.3 is 11.9 Å². The van der Waals surface area contributed by atoms with E-state index in [0.29, 0.717) is 31.2 Å². The fourth-order valence-corrected chi connectivity index (χ4v) is 6.19. The molecule has 0 aliphatic carbocycles. The smallest absolute Gasteiger partial charge is 0.317 e. The van der Waals surface area contributed by atoms with Gasteiger partial charge in [-0.1, -0.05) is 78.9 Å². The fraction of sp³-hybridized carbons (Fsp3) is 0.289. The highest BCUT2D eigenvalue weighted by atomic mass is 19.1. The maximum atomic E-state index is 13.6. The van der Waals surface area contributed by atoms with Crippen LogP contribution in [-0.2, 0) is 33.6 Å². The molecule has 4 aromatic rings. The van der Waals surface area contributed by atoms with Crippen LogP contribution in [0.1, 0.15) is 65.6 Å². The lowest BCUT2D eigenvalue weighted by molar-refractivity contribution is -0.154. The molecular weight excluding hydrogens is 585 g/mol. The molecule has 0 bridgehead atoms. The predicted octanol–water partition coefficient (Wildman–Crippen LogP) is 6.94. The zero-order valence-electron chi connectivity index (χ0n) is 25.5. The van der Waals surface area contributed by atoms with Gasteiger partial charge in [0.15, 0.2) is 5.92 Å². The third kappa shape index (κ3) is 7.87. The number of aryl methyl sites for hydroxylation is 3. The van der Waals surface area contributed by atoms with Crippen LogP contribution in [0, 0.1) is 17.7 Å². The number of carbonyl (C=O) groups excluding carboxylic acids is 1. The predicted molar refractivity (Wildman–Crippen MR) is 173 cm³/mol. The minimum absolute atomic E-state index is 0.0224. The summed E-state index contributed by atoms with van der Waals surface area (Å²) < 4.78 is 13.4. The lowest BCUT2D eigenvalue weighted by atomic mass is 9.78. The van der Waals surface area contributed by atoms with E-state index in [0.717, 1.165) is 29.7 Å². The average molecular weight is 624 g/mol. The van der Waals surface area contributed by atoms with E-state index in [2.05, 4.69) is 24.3 Å². The van der Waals surface area contributed by atoms with Crippen LogP contribution in [0.2, 0.25) is 0 Å². The van der Waals surface area contributed by atoms with Crippen LogP contribution in [0.15, 0.2) is 103 Å². The van der Waals surface area contributed by atoms with Gasteiger partial charge in [-0.3, -0.25) is 14.4 Å². The Morgan fingerprint density at radius 3 is 1.89 bits per heavy atom. The maximum Gasteiger partial charge on any atom is 0.317 e. The Labute approximate surface area is 267 Å². The van der Waals surface area contributed by atoms with E-state index in [-0.39, 0.29) is 30.1 Å². The molecule has 1 aliphatic heterocycles. The van der Waals surface area contributed by atoms with E-state index in [1.54, 1.807) is 17.0 Å². The largest absolute Gasteiger partial charge is 0.481 e. The molecule has 5 rings (SSSR count). The summed E-state index contributed by atoms with van der Waals surface area (Å²) in [6.45, 7) is 0. The molecule has 0 radical (unpaired) electrons. The lowest BCUT2D eigenvalue weighted by Gasteiger charge is -2.48. The normalized spacial score (nSPS) is 16.7. The van der Waals surface area contributed by atoms with Gasteiger partial charge in [0, 0.05) is 5.69 Å². The number of hydrogen-bond acceptors (Lipinski definition) is 4. The highest BCUT2D eigenvalue weighted by molar-refractivity contribution is 6.03. The Hall–Kier alpha value is -4.82. The molecule has 3 unspecified atom stereocenters. The molecule has 3 N–H and O–H groups in total. The molecule has 1 heterocycles. The number of nitrogens with zero attached hydrogens (tertiary/aromatic N) is 1. The van der Waals surface area contributed by atoms with Gasteiger partial charge in [-0.2, -0.15) is 0 Å². The summed E-state index contributed by atoms with van der Waals surface area (Å²) in [5, 5.41) is 29.0. The standard InChI is InChI=1S/C38H38FNO6/c39-30-19-17-28(18-20-30)34(41)24-23-32-35(29-15-11-26(12-16-29)7-4-8-33(37(43)44)38(45)46)40(36(32)42)31-21-13-27(14-22-31)10-9-25-5-2-1-3-6-25/h1-3,5-6,11-22,32-35,41H,4,7-10,23-24H2,(H,43,44)(H,45,46). The third-order valence-corrected chi connectivity index (χ3v) is 8.86. The van der Waals surface area contributed by atoms with Crippen LogP contribution < -0.4 is 4.90 Å². The first kappa shape index (κ1) is 32.6. The van der Waals surface area contributed by atoms with E-state index in [1.807, 2.05) is 54.6 Å². The summed E-state index contributed by atoms with van der Waals surface area (Å²) in [5.41, 5.74) is 5.72. The first-order chi connectivity index (χ1) is 22.2. The van der Waals surface area contributed by atoms with Gasteiger partial charge in [-0.25, -0.2) is 4.39 Å². The van der Waals surface area contributed by atoms with Crippen LogP contribution >= 0.6 is 0 Å². The van der Waals surface area contributed by atoms with Crippen LogP contribution in [0.25, 0.3) is 0 Å². The number of anilines is 1. The second-order valence-corrected chi connectivity index (χ2v) is 11.9. The van der Waals surface area contributed by atoms with Gasteiger partial charge in [0.1, 0.15) is 5.82 Å². The minimum atomic E-state index is -1.43. The second kappa shape index (κ2) is 15.0. The number of aliphatic hydroxyl groups excluding tert-OH is 1. The number of hydrogen-bond donors (Lipinski definition) is 3. The van der Waals surface area contributed by atoms with Crippen molar-refractivity contribution in [3.63, 3.8) is 0 Å². The number of amides is 1. The summed E-state index contributed by atoms with van der Waals surface area (Å²) in [7, 11) is 0. The number of rotatable bonds is 15. The SMILES string of the molecule is O=C(O)C(CCCc1ccc(C2C(CCC(O)c3ccc(F)cc3)C(=O)N2c2ccc(CCc3ccccc3)cc2)cc1)C(=O)O. The molecule has 8 heteroatoms. The summed E-state index contributed by atoms with van der Waals surface area (Å²) in [4.78, 5) is 37.8. The quantitative estimate of drug-likeness (QED) is 0.0977. The molecule has 1 amide bonds. The van der Waals surface area contributed by atoms with E-state index < -0.39 is 24.0 Å². The lowest BCUT2D eigenvalue weighted by Crippen LogP contribution is -2.55. The minimum Gasteiger partial charge on any atom is -0.481 e. The molecule has 1 fully saturated rings. The maximum absolute atomic E-state index is 13.6. The van der Waals surface area contributed by atoms with E-state index in [1.165, 1.54) is 23.3 Å². The number of halogens is 1. The molecule has 0 spiro atoms. The van der Waals surface area contributed by atoms with Crippen molar-refractivity contribution in [1.29, 1.82) is 0 Å². The zero-order chi connectivity index (χ0) is 32.6. The zero-order valence-corrected chi connectivity index (χ0v) is 25.5. The Morgan fingerprint density at radius 2 is 1.28 bits per heavy atom. The van der Waals surface area contributed by atoms with Crippen LogP contribution in [0.5, 0.6) is 0 Å². The average Bonchev–Trinajstić information content (AvgIpc) is 3.06. The van der Waals surface area contributed by atoms with Crippen molar-refractivity contribution in [3.05, 3.63) is 137 Å². The highest BCUT2D eigenvalue weighted by Gasteiger charge is 2.48. The Morgan fingerprint density at radius 1 is 0.717 bits per heavy atom. The number of aliphatic hydroxyl groups is 1. The molecule has 7 nitrogen and oxygen atoms in total. The molecule has 0 saturated carbocycles. The fourth-order valence-electron chi connectivity index (χ4n) is 6.19. The molecule has 1 aliphatic rings. The van der Waals surface area contributed by atoms with Gasteiger partial charge < -0.3 is 20.2 Å². The highest BCUT2D eigenvalue weighted by Crippen LogP contribution is 2.46. The van der Waals surface area contributed by atoms with Gasteiger partial charge in [-0.05, 0) is 97.0 Å². The van der Waals surface area contributed by atoms with Crippen molar-refractivity contribution < 1.29 is 34.1 Å². The van der Waals surface area contributed by atoms with Gasteiger partial charge in [0.05, 0.1) is 18.1 Å². The number of β-lactam (4-membered cyclic amide) rings is 1. The molecule has 4 aromatic carbocycles. The summed E-state index contributed by atoms with van der Waals surface area (Å²) in [5.74, 6) is -4.85. The van der Waals surface area contributed by atoms with Crippen molar-refractivity contribution in [1.82, 2.24) is 0 Å². The molecule has 46 heavy (non-hydrogen) atoms.